The molecule has 154 valence electrons. The average Bonchev–Trinajstić information content (AvgIpc) is 2.97. The molecule has 0 heterocycles. The van der Waals surface area contributed by atoms with Gasteiger partial charge < -0.3 is 10.2 Å². The maximum absolute atomic E-state index is 11.0. The largest absolute Gasteiger partial charge is 0.481 e. The van der Waals surface area contributed by atoms with E-state index in [1.165, 1.54) is 44.9 Å². The zero-order chi connectivity index (χ0) is 19.4. The Bertz CT molecular complexity index is 574. The summed E-state index contributed by atoms with van der Waals surface area (Å²) in [5, 5.41) is 19.3. The normalized spacial score (nSPS) is 50.4. The second kappa shape index (κ2) is 7.04. The zero-order valence-corrected chi connectivity index (χ0v) is 17.6. The Hall–Kier alpha value is -0.570. The van der Waals surface area contributed by atoms with Crippen LogP contribution in [0, 0.1) is 46.3 Å². The number of carbonyl (C=O) groups is 1. The number of carboxylic acid groups (broad SMARTS) is 1. The second-order valence-electron chi connectivity index (χ2n) is 11.2. The van der Waals surface area contributed by atoms with Gasteiger partial charge in [-0.15, -0.1) is 0 Å². The maximum atomic E-state index is 11.0. The number of hydrogen-bond donors (Lipinski definition) is 2. The zero-order valence-electron chi connectivity index (χ0n) is 17.6. The molecule has 0 aromatic rings. The quantitative estimate of drug-likeness (QED) is 0.680. The Balaban J connectivity index is 1.51. The lowest BCUT2D eigenvalue weighted by atomic mass is 9.44. The lowest BCUT2D eigenvalue weighted by molar-refractivity contribution is -0.138. The molecule has 4 rings (SSSR count). The number of carboxylic acids is 1. The Morgan fingerprint density at radius 2 is 1.70 bits per heavy atom. The van der Waals surface area contributed by atoms with E-state index in [0.29, 0.717) is 29.1 Å². The lowest BCUT2D eigenvalue weighted by Crippen LogP contribution is -2.54. The van der Waals surface area contributed by atoms with Crippen LogP contribution in [0.25, 0.3) is 0 Å². The molecular formula is C24H40O3. The van der Waals surface area contributed by atoms with Crippen LogP contribution in [0.15, 0.2) is 0 Å². The van der Waals surface area contributed by atoms with E-state index in [1.807, 2.05) is 0 Å². The molecule has 2 N–H and O–H groups in total. The first-order valence-electron chi connectivity index (χ1n) is 11.7. The Morgan fingerprint density at radius 3 is 2.44 bits per heavy atom. The highest BCUT2D eigenvalue weighted by Gasteiger charge is 2.60. The molecule has 4 saturated carbocycles. The van der Waals surface area contributed by atoms with E-state index in [4.69, 9.17) is 5.11 Å². The van der Waals surface area contributed by atoms with Crippen molar-refractivity contribution in [3.05, 3.63) is 0 Å². The van der Waals surface area contributed by atoms with Crippen LogP contribution in [-0.2, 0) is 4.79 Å². The lowest BCUT2D eigenvalue weighted by Gasteiger charge is -2.61. The number of fused-ring (bicyclic) bond motifs is 5. The molecule has 0 spiro atoms. The Labute approximate surface area is 165 Å². The fourth-order valence-electron chi connectivity index (χ4n) is 8.76. The van der Waals surface area contributed by atoms with Crippen LogP contribution in [0.3, 0.4) is 0 Å². The van der Waals surface area contributed by atoms with Gasteiger partial charge >= 0.3 is 5.97 Å². The average molecular weight is 377 g/mol. The van der Waals surface area contributed by atoms with Crippen molar-refractivity contribution < 1.29 is 15.0 Å². The summed E-state index contributed by atoms with van der Waals surface area (Å²) in [5.41, 5.74) is 0.882. The second-order valence-corrected chi connectivity index (χ2v) is 11.2. The minimum absolute atomic E-state index is 0.0561. The Morgan fingerprint density at radius 1 is 1.00 bits per heavy atom. The van der Waals surface area contributed by atoms with Crippen molar-refractivity contribution in [2.75, 3.05) is 0 Å². The van der Waals surface area contributed by atoms with Crippen molar-refractivity contribution >= 4 is 5.97 Å². The summed E-state index contributed by atoms with van der Waals surface area (Å²) < 4.78 is 0. The van der Waals surface area contributed by atoms with Gasteiger partial charge in [0.1, 0.15) is 0 Å². The van der Waals surface area contributed by atoms with Crippen molar-refractivity contribution in [1.82, 2.24) is 0 Å². The third kappa shape index (κ3) is 3.16. The highest BCUT2D eigenvalue weighted by Crippen LogP contribution is 2.68. The minimum Gasteiger partial charge on any atom is -0.481 e. The van der Waals surface area contributed by atoms with Crippen LogP contribution in [0.4, 0.5) is 0 Å². The molecule has 0 amide bonds. The summed E-state index contributed by atoms with van der Waals surface area (Å²) >= 11 is 0. The van der Waals surface area contributed by atoms with Crippen LogP contribution in [0.2, 0.25) is 0 Å². The molecule has 3 nitrogen and oxygen atoms in total. The molecule has 4 fully saturated rings. The molecule has 2 unspecified atom stereocenters. The van der Waals surface area contributed by atoms with Crippen molar-refractivity contribution in [3.63, 3.8) is 0 Å². The van der Waals surface area contributed by atoms with Gasteiger partial charge in [0.15, 0.2) is 0 Å². The molecule has 0 bridgehead atoms. The number of aliphatic hydroxyl groups is 1. The SMILES string of the molecule is C[C@H](CCC(=O)O)[C@H]1CC[C@H]2C3CCC4C[C@H](O)CC[C@]4(C)[C@H]3CC[C@]12C. The number of rotatable bonds is 4. The summed E-state index contributed by atoms with van der Waals surface area (Å²) in [6.45, 7) is 7.43. The van der Waals surface area contributed by atoms with Gasteiger partial charge in [-0.1, -0.05) is 20.8 Å². The predicted octanol–water partition coefficient (Wildman–Crippen LogP) is 5.51. The first-order chi connectivity index (χ1) is 12.8. The number of hydrogen-bond acceptors (Lipinski definition) is 2. The van der Waals surface area contributed by atoms with E-state index in [-0.39, 0.29) is 6.10 Å². The molecule has 27 heavy (non-hydrogen) atoms. The summed E-state index contributed by atoms with van der Waals surface area (Å²) in [5.74, 6) is 3.91. The van der Waals surface area contributed by atoms with E-state index in [9.17, 15) is 9.90 Å². The molecule has 0 aromatic heterocycles. The predicted molar refractivity (Wildman–Crippen MR) is 107 cm³/mol. The molecule has 4 aliphatic carbocycles. The van der Waals surface area contributed by atoms with Crippen molar-refractivity contribution in [2.45, 2.75) is 97.5 Å². The van der Waals surface area contributed by atoms with Crippen molar-refractivity contribution in [2.24, 2.45) is 46.3 Å². The summed E-state index contributed by atoms with van der Waals surface area (Å²) in [6.07, 6.45) is 12.4. The summed E-state index contributed by atoms with van der Waals surface area (Å²) in [6, 6.07) is 0. The Kier molecular flexibility index (Phi) is 5.15. The van der Waals surface area contributed by atoms with E-state index >= 15 is 0 Å². The van der Waals surface area contributed by atoms with Crippen molar-refractivity contribution in [3.8, 4) is 0 Å². The third-order valence-corrected chi connectivity index (χ3v) is 10.2. The molecule has 4 aliphatic rings. The van der Waals surface area contributed by atoms with Crippen LogP contribution in [0.1, 0.15) is 91.4 Å². The fraction of sp³-hybridized carbons (Fsp3) is 0.958. The van der Waals surface area contributed by atoms with E-state index in [1.54, 1.807) is 0 Å². The van der Waals surface area contributed by atoms with Gasteiger partial charge in [0, 0.05) is 6.42 Å². The van der Waals surface area contributed by atoms with Gasteiger partial charge in [-0.05, 0) is 111 Å². The topological polar surface area (TPSA) is 57.5 Å². The molecule has 0 saturated heterocycles. The monoisotopic (exact) mass is 376 g/mol. The van der Waals surface area contributed by atoms with Gasteiger partial charge in [0.05, 0.1) is 6.10 Å². The van der Waals surface area contributed by atoms with Gasteiger partial charge in [0.25, 0.3) is 0 Å². The van der Waals surface area contributed by atoms with Gasteiger partial charge in [-0.2, -0.15) is 0 Å². The van der Waals surface area contributed by atoms with Gasteiger partial charge in [-0.3, -0.25) is 4.79 Å². The standard InChI is InChI=1S/C24H40O3/c1-15(4-9-22(26)27)19-7-8-20-18-6-5-16-14-17(25)10-12-23(16,2)21(18)11-13-24(19,20)3/h15-21,25H,4-14H2,1-3H3,(H,26,27)/t15-,16?,17-,18?,19-,20+,21+,23+,24-/m1/s1. The minimum atomic E-state index is -0.643. The maximum Gasteiger partial charge on any atom is 0.303 e. The number of aliphatic carboxylic acids is 1. The first-order valence-corrected chi connectivity index (χ1v) is 11.7. The summed E-state index contributed by atoms with van der Waals surface area (Å²) in [4.78, 5) is 11.0. The van der Waals surface area contributed by atoms with E-state index in [0.717, 1.165) is 42.9 Å². The van der Waals surface area contributed by atoms with Gasteiger partial charge in [-0.25, -0.2) is 0 Å². The van der Waals surface area contributed by atoms with Crippen LogP contribution >= 0.6 is 0 Å². The van der Waals surface area contributed by atoms with E-state index in [2.05, 4.69) is 20.8 Å². The molecule has 0 aliphatic heterocycles. The fourth-order valence-corrected chi connectivity index (χ4v) is 8.76. The highest BCUT2D eigenvalue weighted by atomic mass is 16.4. The van der Waals surface area contributed by atoms with E-state index < -0.39 is 5.97 Å². The smallest absolute Gasteiger partial charge is 0.303 e. The van der Waals surface area contributed by atoms with Crippen LogP contribution in [0.5, 0.6) is 0 Å². The molecular weight excluding hydrogens is 336 g/mol. The summed E-state index contributed by atoms with van der Waals surface area (Å²) in [7, 11) is 0. The van der Waals surface area contributed by atoms with Crippen LogP contribution in [-0.4, -0.2) is 22.3 Å². The van der Waals surface area contributed by atoms with Crippen LogP contribution < -0.4 is 0 Å². The molecule has 3 heteroatoms. The molecule has 9 atom stereocenters. The van der Waals surface area contributed by atoms with Crippen molar-refractivity contribution in [1.29, 1.82) is 0 Å². The highest BCUT2D eigenvalue weighted by molar-refractivity contribution is 5.66. The van der Waals surface area contributed by atoms with Gasteiger partial charge in [0.2, 0.25) is 0 Å². The molecule has 0 aromatic carbocycles. The molecule has 0 radical (unpaired) electrons. The third-order valence-electron chi connectivity index (χ3n) is 10.2. The number of aliphatic hydroxyl groups excluding tert-OH is 1. The first kappa shape index (κ1) is 19.7.